The molecule has 6 heteroatoms. The van der Waals surface area contributed by atoms with Crippen LogP contribution in [0, 0.1) is 0 Å². The van der Waals surface area contributed by atoms with Gasteiger partial charge in [0.05, 0.1) is 23.1 Å². The van der Waals surface area contributed by atoms with E-state index in [1.54, 1.807) is 17.4 Å². The number of carbonyl (C=O) groups excluding carboxylic acids is 1. The van der Waals surface area contributed by atoms with Gasteiger partial charge >= 0.3 is 0 Å². The molecule has 0 radical (unpaired) electrons. The van der Waals surface area contributed by atoms with E-state index in [0.29, 0.717) is 16.6 Å². The maximum Gasteiger partial charge on any atom is 0.275 e. The summed E-state index contributed by atoms with van der Waals surface area (Å²) < 4.78 is 0. The molecule has 1 heterocycles. The van der Waals surface area contributed by atoms with Crippen LogP contribution in [0.4, 0.5) is 0 Å². The number of rotatable bonds is 6. The van der Waals surface area contributed by atoms with Crippen LogP contribution in [0.5, 0.6) is 0 Å². The third-order valence-electron chi connectivity index (χ3n) is 3.30. The maximum atomic E-state index is 12.1. The minimum atomic E-state index is 0.0402. The number of thiophene rings is 1. The predicted octanol–water partition coefficient (Wildman–Crippen LogP) is 2.95. The molecule has 0 aliphatic heterocycles. The topological polar surface area (TPSA) is 33.5 Å². The molecule has 0 saturated carbocycles. The van der Waals surface area contributed by atoms with Gasteiger partial charge in [0.1, 0.15) is 6.54 Å². The average Bonchev–Trinajstić information content (AvgIpc) is 2.96. The summed E-state index contributed by atoms with van der Waals surface area (Å²) in [4.78, 5) is 14.4. The fourth-order valence-electron chi connectivity index (χ4n) is 2.24. The molecule has 2 N–H and O–H groups in total. The average molecular weight is 358 g/mol. The SMILES string of the molecule is C[C@H](NC(=O)C[NH+](C)Cc1ccc(Cl)c(Cl)c1)c1cccs1. The van der Waals surface area contributed by atoms with Crippen molar-refractivity contribution in [1.82, 2.24) is 5.32 Å². The lowest BCUT2D eigenvalue weighted by Gasteiger charge is -2.16. The van der Waals surface area contributed by atoms with Crippen LogP contribution in [0.25, 0.3) is 0 Å². The van der Waals surface area contributed by atoms with Crippen LogP contribution in [0.3, 0.4) is 0 Å². The summed E-state index contributed by atoms with van der Waals surface area (Å²) >= 11 is 13.6. The molecule has 22 heavy (non-hydrogen) atoms. The normalized spacial score (nSPS) is 13.6. The van der Waals surface area contributed by atoms with Crippen molar-refractivity contribution < 1.29 is 9.69 Å². The van der Waals surface area contributed by atoms with E-state index in [2.05, 4.69) is 5.32 Å². The molecule has 0 aliphatic rings. The Morgan fingerprint density at radius 1 is 1.32 bits per heavy atom. The van der Waals surface area contributed by atoms with Crippen molar-refractivity contribution in [2.45, 2.75) is 19.5 Å². The van der Waals surface area contributed by atoms with E-state index in [0.717, 1.165) is 21.9 Å². The van der Waals surface area contributed by atoms with Gasteiger partial charge in [-0.15, -0.1) is 11.3 Å². The van der Waals surface area contributed by atoms with Crippen LogP contribution in [0.1, 0.15) is 23.4 Å². The smallest absolute Gasteiger partial charge is 0.275 e. The van der Waals surface area contributed by atoms with Gasteiger partial charge in [-0.3, -0.25) is 4.79 Å². The molecule has 0 saturated heterocycles. The summed E-state index contributed by atoms with van der Waals surface area (Å²) in [5.74, 6) is 0.0402. The lowest BCUT2D eigenvalue weighted by atomic mass is 10.2. The first kappa shape index (κ1) is 17.3. The van der Waals surface area contributed by atoms with E-state index in [4.69, 9.17) is 23.2 Å². The molecule has 0 spiro atoms. The van der Waals surface area contributed by atoms with Crippen molar-refractivity contribution in [3.8, 4) is 0 Å². The summed E-state index contributed by atoms with van der Waals surface area (Å²) in [7, 11) is 1.98. The van der Waals surface area contributed by atoms with Gasteiger partial charge in [0.2, 0.25) is 0 Å². The lowest BCUT2D eigenvalue weighted by molar-refractivity contribution is -0.885. The minimum absolute atomic E-state index is 0.0402. The fourth-order valence-corrected chi connectivity index (χ4v) is 3.29. The Hall–Kier alpha value is -1.07. The van der Waals surface area contributed by atoms with Gasteiger partial charge in [0, 0.05) is 10.4 Å². The third kappa shape index (κ3) is 4.99. The quantitative estimate of drug-likeness (QED) is 0.818. The Bertz CT molecular complexity index is 631. The second kappa shape index (κ2) is 7.97. The number of nitrogens with one attached hydrogen (secondary N) is 2. The van der Waals surface area contributed by atoms with Crippen LogP contribution >= 0.6 is 34.5 Å². The summed E-state index contributed by atoms with van der Waals surface area (Å²) in [5.41, 5.74) is 1.06. The molecule has 0 bridgehead atoms. The van der Waals surface area contributed by atoms with Gasteiger partial charge in [-0.25, -0.2) is 0 Å². The Kier molecular flexibility index (Phi) is 6.26. The number of amides is 1. The number of benzene rings is 1. The molecular formula is C16H19Cl2N2OS+. The number of carbonyl (C=O) groups is 1. The molecule has 2 rings (SSSR count). The number of hydrogen-bond donors (Lipinski definition) is 2. The highest BCUT2D eigenvalue weighted by Crippen LogP contribution is 2.22. The third-order valence-corrected chi connectivity index (χ3v) is 5.09. The number of halogens is 2. The number of quaternary nitrogens is 1. The fraction of sp³-hybridized carbons (Fsp3) is 0.312. The van der Waals surface area contributed by atoms with Crippen molar-refractivity contribution >= 4 is 40.4 Å². The molecule has 118 valence electrons. The van der Waals surface area contributed by atoms with Crippen LogP contribution in [-0.2, 0) is 11.3 Å². The first-order chi connectivity index (χ1) is 10.5. The maximum absolute atomic E-state index is 12.1. The second-order valence-electron chi connectivity index (χ2n) is 5.36. The summed E-state index contributed by atoms with van der Waals surface area (Å²) in [6.45, 7) is 3.13. The van der Waals surface area contributed by atoms with E-state index in [1.807, 2.05) is 43.6 Å². The van der Waals surface area contributed by atoms with Crippen molar-refractivity contribution in [2.24, 2.45) is 0 Å². The van der Waals surface area contributed by atoms with Crippen molar-refractivity contribution in [2.75, 3.05) is 13.6 Å². The summed E-state index contributed by atoms with van der Waals surface area (Å²) in [6, 6.07) is 9.63. The molecule has 0 fully saturated rings. The largest absolute Gasteiger partial charge is 0.344 e. The van der Waals surface area contributed by atoms with E-state index in [9.17, 15) is 4.79 Å². The van der Waals surface area contributed by atoms with Crippen molar-refractivity contribution in [3.63, 3.8) is 0 Å². The predicted molar refractivity (Wildman–Crippen MR) is 92.8 cm³/mol. The van der Waals surface area contributed by atoms with E-state index < -0.39 is 0 Å². The monoisotopic (exact) mass is 357 g/mol. The standard InChI is InChI=1S/C16H18Cl2N2OS/c1-11(15-4-3-7-22-15)19-16(21)10-20(2)9-12-5-6-13(17)14(18)8-12/h3-8,11H,9-10H2,1-2H3,(H,19,21)/p+1/t11-/m0/s1. The zero-order valence-corrected chi connectivity index (χ0v) is 14.9. The van der Waals surface area contributed by atoms with E-state index in [-0.39, 0.29) is 11.9 Å². The number of likely N-dealkylation sites (N-methyl/N-ethyl adjacent to an activating group) is 1. The van der Waals surface area contributed by atoms with Gasteiger partial charge in [-0.05, 0) is 30.5 Å². The Balaban J connectivity index is 1.84. The van der Waals surface area contributed by atoms with Crippen molar-refractivity contribution in [3.05, 3.63) is 56.2 Å². The molecule has 2 aromatic rings. The highest BCUT2D eigenvalue weighted by atomic mass is 35.5. The second-order valence-corrected chi connectivity index (χ2v) is 7.16. The highest BCUT2D eigenvalue weighted by molar-refractivity contribution is 7.10. The van der Waals surface area contributed by atoms with Crippen LogP contribution < -0.4 is 10.2 Å². The van der Waals surface area contributed by atoms with Gasteiger partial charge < -0.3 is 10.2 Å². The van der Waals surface area contributed by atoms with Crippen LogP contribution in [0.15, 0.2) is 35.7 Å². The van der Waals surface area contributed by atoms with Gasteiger partial charge in [-0.1, -0.05) is 35.3 Å². The molecule has 1 aromatic heterocycles. The lowest BCUT2D eigenvalue weighted by Crippen LogP contribution is -3.08. The van der Waals surface area contributed by atoms with Crippen LogP contribution in [0.2, 0.25) is 10.0 Å². The molecule has 2 atom stereocenters. The molecular weight excluding hydrogens is 339 g/mol. The van der Waals surface area contributed by atoms with Crippen molar-refractivity contribution in [1.29, 1.82) is 0 Å². The summed E-state index contributed by atoms with van der Waals surface area (Å²) in [6.07, 6.45) is 0. The van der Waals surface area contributed by atoms with Gasteiger partial charge in [0.25, 0.3) is 5.91 Å². The van der Waals surface area contributed by atoms with Gasteiger partial charge in [0.15, 0.2) is 6.54 Å². The zero-order valence-electron chi connectivity index (χ0n) is 12.5. The van der Waals surface area contributed by atoms with E-state index >= 15 is 0 Å². The minimum Gasteiger partial charge on any atom is -0.344 e. The zero-order chi connectivity index (χ0) is 16.1. The van der Waals surface area contributed by atoms with E-state index in [1.165, 1.54) is 0 Å². The molecule has 1 unspecified atom stereocenters. The molecule has 1 amide bonds. The molecule has 0 aliphatic carbocycles. The Morgan fingerprint density at radius 2 is 2.09 bits per heavy atom. The Labute approximate surface area is 144 Å². The Morgan fingerprint density at radius 3 is 2.73 bits per heavy atom. The molecule has 3 nitrogen and oxygen atoms in total. The van der Waals surface area contributed by atoms with Gasteiger partial charge in [-0.2, -0.15) is 0 Å². The first-order valence-corrected chi connectivity index (χ1v) is 8.67. The highest BCUT2D eigenvalue weighted by Gasteiger charge is 2.15. The molecule has 1 aromatic carbocycles. The first-order valence-electron chi connectivity index (χ1n) is 7.03. The summed E-state index contributed by atoms with van der Waals surface area (Å²) in [5, 5.41) is 6.13. The van der Waals surface area contributed by atoms with Crippen LogP contribution in [-0.4, -0.2) is 19.5 Å². The number of hydrogen-bond acceptors (Lipinski definition) is 2.